The highest BCUT2D eigenvalue weighted by molar-refractivity contribution is 5.83. The number of aliphatic carboxylic acids is 1. The van der Waals surface area contributed by atoms with Crippen LogP contribution >= 0.6 is 0 Å². The molecule has 2 aliphatic rings. The lowest BCUT2D eigenvalue weighted by atomic mass is 9.98. The first-order chi connectivity index (χ1) is 15.6. The minimum absolute atomic E-state index is 0.0715. The Bertz CT molecular complexity index is 1140. The fourth-order valence-corrected chi connectivity index (χ4v) is 4.80. The number of rotatable bonds is 6. The van der Waals surface area contributed by atoms with Crippen LogP contribution < -0.4 is 0 Å². The van der Waals surface area contributed by atoms with Gasteiger partial charge in [-0.05, 0) is 28.7 Å². The molecule has 1 aliphatic carbocycles. The van der Waals surface area contributed by atoms with Crippen LogP contribution in [0.15, 0.2) is 54.7 Å². The topological polar surface area (TPSA) is 84.7 Å². The lowest BCUT2D eigenvalue weighted by molar-refractivity contribution is -0.142. The van der Waals surface area contributed by atoms with Crippen LogP contribution in [0, 0.1) is 0 Å². The van der Waals surface area contributed by atoms with E-state index in [0.29, 0.717) is 11.3 Å². The molecule has 0 saturated heterocycles. The Balaban J connectivity index is 1.33. The number of nitrogens with zero attached hydrogens (tertiary/aromatic N) is 3. The Kier molecular flexibility index (Phi) is 5.17. The van der Waals surface area contributed by atoms with E-state index >= 15 is 0 Å². The number of hydrogen-bond donors (Lipinski definition) is 1. The molecule has 7 heteroatoms. The van der Waals surface area contributed by atoms with Crippen LogP contribution in [0.1, 0.15) is 54.1 Å². The van der Waals surface area contributed by atoms with Crippen LogP contribution in [0.4, 0.5) is 4.79 Å². The summed E-state index contributed by atoms with van der Waals surface area (Å²) in [7, 11) is 0. The quantitative estimate of drug-likeness (QED) is 0.618. The summed E-state index contributed by atoms with van der Waals surface area (Å²) in [6.07, 6.45) is 3.12. The van der Waals surface area contributed by atoms with E-state index in [0.717, 1.165) is 41.6 Å². The van der Waals surface area contributed by atoms with Crippen molar-refractivity contribution in [3.63, 3.8) is 0 Å². The van der Waals surface area contributed by atoms with Gasteiger partial charge in [-0.2, -0.15) is 5.10 Å². The number of unbranched alkanes of at least 4 members (excludes halogenated alkanes) is 1. The van der Waals surface area contributed by atoms with Crippen molar-refractivity contribution in [1.82, 2.24) is 14.7 Å². The number of fused-ring (bicyclic) bond motifs is 4. The normalized spacial score (nSPS) is 16.5. The largest absolute Gasteiger partial charge is 0.479 e. The highest BCUT2D eigenvalue weighted by Crippen LogP contribution is 2.44. The van der Waals surface area contributed by atoms with E-state index in [-0.39, 0.29) is 19.1 Å². The second-order valence-electron chi connectivity index (χ2n) is 8.32. The van der Waals surface area contributed by atoms with Gasteiger partial charge in [0.05, 0.1) is 12.2 Å². The number of carbonyl (C=O) groups is 2. The van der Waals surface area contributed by atoms with Gasteiger partial charge < -0.3 is 9.84 Å². The number of aromatic nitrogens is 2. The summed E-state index contributed by atoms with van der Waals surface area (Å²) in [6.45, 7) is 3.13. The number of amides is 1. The molecule has 7 nitrogen and oxygen atoms in total. The van der Waals surface area contributed by atoms with Crippen LogP contribution in [0.25, 0.3) is 11.1 Å². The third kappa shape index (κ3) is 3.34. The average molecular weight is 431 g/mol. The van der Waals surface area contributed by atoms with Gasteiger partial charge in [-0.1, -0.05) is 61.9 Å². The summed E-state index contributed by atoms with van der Waals surface area (Å²) in [5, 5.41) is 14.3. The van der Waals surface area contributed by atoms with Gasteiger partial charge in [-0.15, -0.1) is 0 Å². The molecule has 0 saturated carbocycles. The van der Waals surface area contributed by atoms with Crippen LogP contribution in [0.3, 0.4) is 0 Å². The second kappa shape index (κ2) is 8.15. The zero-order valence-corrected chi connectivity index (χ0v) is 17.9. The van der Waals surface area contributed by atoms with Crippen molar-refractivity contribution in [3.8, 4) is 11.1 Å². The standard InChI is InChI=1S/C25H25N3O4/c1-2-3-12-27-13-20-22(26-27)14-28(23(20)24(29)30)25(31)32-15-21-18-10-6-4-8-16(18)17-9-5-7-11-19(17)21/h4-11,13,21,23H,2-3,12,14-15H2,1H3,(H,29,30). The molecular weight excluding hydrogens is 406 g/mol. The van der Waals surface area contributed by atoms with Gasteiger partial charge in [-0.3, -0.25) is 9.58 Å². The minimum Gasteiger partial charge on any atom is -0.479 e. The zero-order valence-electron chi connectivity index (χ0n) is 17.9. The Labute approximate surface area is 186 Å². The zero-order chi connectivity index (χ0) is 22.2. The van der Waals surface area contributed by atoms with Crippen LogP contribution in [-0.4, -0.2) is 38.5 Å². The number of carboxylic acids is 1. The van der Waals surface area contributed by atoms with Gasteiger partial charge in [-0.25, -0.2) is 9.59 Å². The Morgan fingerprint density at radius 3 is 2.34 bits per heavy atom. The molecule has 5 rings (SSSR count). The molecule has 1 aromatic heterocycles. The molecule has 1 unspecified atom stereocenters. The SMILES string of the molecule is CCCCn1cc2c(n1)CN(C(=O)OCC1c3ccccc3-c3ccccc31)C2C(=O)O. The monoisotopic (exact) mass is 431 g/mol. The second-order valence-corrected chi connectivity index (χ2v) is 8.32. The molecule has 32 heavy (non-hydrogen) atoms. The average Bonchev–Trinajstić information content (AvgIpc) is 3.45. The Hall–Kier alpha value is -3.61. The van der Waals surface area contributed by atoms with Crippen molar-refractivity contribution in [2.24, 2.45) is 0 Å². The summed E-state index contributed by atoms with van der Waals surface area (Å²) >= 11 is 0. The van der Waals surface area contributed by atoms with E-state index in [1.807, 2.05) is 24.3 Å². The van der Waals surface area contributed by atoms with E-state index < -0.39 is 18.1 Å². The lowest BCUT2D eigenvalue weighted by Gasteiger charge is -2.23. The lowest BCUT2D eigenvalue weighted by Crippen LogP contribution is -2.35. The highest BCUT2D eigenvalue weighted by atomic mass is 16.6. The molecule has 1 N–H and O–H groups in total. The summed E-state index contributed by atoms with van der Waals surface area (Å²) in [5.74, 6) is -1.15. The van der Waals surface area contributed by atoms with Crippen molar-refractivity contribution in [1.29, 1.82) is 0 Å². The number of carboxylic acid groups (broad SMARTS) is 1. The maximum Gasteiger partial charge on any atom is 0.411 e. The Morgan fingerprint density at radius 1 is 1.06 bits per heavy atom. The number of aryl methyl sites for hydroxylation is 1. The molecule has 1 aliphatic heterocycles. The molecule has 0 bridgehead atoms. The summed E-state index contributed by atoms with van der Waals surface area (Å²) in [4.78, 5) is 26.2. The van der Waals surface area contributed by atoms with Crippen LogP contribution in [0.2, 0.25) is 0 Å². The van der Waals surface area contributed by atoms with Gasteiger partial charge >= 0.3 is 12.1 Å². The smallest absolute Gasteiger partial charge is 0.411 e. The van der Waals surface area contributed by atoms with E-state index in [9.17, 15) is 14.7 Å². The van der Waals surface area contributed by atoms with Crippen LogP contribution in [-0.2, 0) is 22.6 Å². The van der Waals surface area contributed by atoms with Crippen molar-refractivity contribution >= 4 is 12.1 Å². The third-order valence-electron chi connectivity index (χ3n) is 6.34. The molecule has 1 amide bonds. The molecular formula is C25H25N3O4. The number of carbonyl (C=O) groups excluding carboxylic acids is 1. The third-order valence-corrected chi connectivity index (χ3v) is 6.34. The predicted octanol–water partition coefficient (Wildman–Crippen LogP) is 4.57. The van der Waals surface area contributed by atoms with E-state index in [2.05, 4.69) is 36.3 Å². The van der Waals surface area contributed by atoms with E-state index in [1.165, 1.54) is 4.90 Å². The van der Waals surface area contributed by atoms with Crippen molar-refractivity contribution < 1.29 is 19.4 Å². The van der Waals surface area contributed by atoms with E-state index in [1.54, 1.807) is 10.9 Å². The van der Waals surface area contributed by atoms with Crippen molar-refractivity contribution in [3.05, 3.63) is 77.1 Å². The molecule has 2 aromatic carbocycles. The molecule has 0 fully saturated rings. The fraction of sp³-hybridized carbons (Fsp3) is 0.320. The molecule has 3 aromatic rings. The van der Waals surface area contributed by atoms with Gasteiger partial charge in [0.25, 0.3) is 0 Å². The van der Waals surface area contributed by atoms with Crippen LogP contribution in [0.5, 0.6) is 0 Å². The highest BCUT2D eigenvalue weighted by Gasteiger charge is 2.42. The first-order valence-electron chi connectivity index (χ1n) is 11.0. The van der Waals surface area contributed by atoms with Gasteiger partial charge in [0, 0.05) is 24.2 Å². The first-order valence-corrected chi connectivity index (χ1v) is 11.0. The van der Waals surface area contributed by atoms with Gasteiger partial charge in [0.15, 0.2) is 6.04 Å². The summed E-state index contributed by atoms with van der Waals surface area (Å²) in [6, 6.07) is 15.2. The first kappa shape index (κ1) is 20.3. The number of ether oxygens (including phenoxy) is 1. The van der Waals surface area contributed by atoms with Gasteiger partial charge in [0.2, 0.25) is 0 Å². The van der Waals surface area contributed by atoms with Gasteiger partial charge in [0.1, 0.15) is 6.61 Å². The molecule has 0 spiro atoms. The molecule has 2 heterocycles. The summed E-state index contributed by atoms with van der Waals surface area (Å²) in [5.41, 5.74) is 5.73. The number of benzene rings is 2. The molecule has 0 radical (unpaired) electrons. The minimum atomic E-state index is -1.08. The molecule has 1 atom stereocenters. The van der Waals surface area contributed by atoms with E-state index in [4.69, 9.17) is 4.74 Å². The predicted molar refractivity (Wildman–Crippen MR) is 118 cm³/mol. The van der Waals surface area contributed by atoms with Crippen molar-refractivity contribution in [2.45, 2.75) is 44.8 Å². The Morgan fingerprint density at radius 2 is 1.72 bits per heavy atom. The van der Waals surface area contributed by atoms with Crippen molar-refractivity contribution in [2.75, 3.05) is 6.61 Å². The fourth-order valence-electron chi connectivity index (χ4n) is 4.80. The maximum absolute atomic E-state index is 13.0. The maximum atomic E-state index is 13.0. The number of hydrogen-bond acceptors (Lipinski definition) is 4. The molecule has 164 valence electrons. The summed E-state index contributed by atoms with van der Waals surface area (Å²) < 4.78 is 7.47.